The monoisotopic (exact) mass is 351 g/mol. The molecule has 26 heavy (non-hydrogen) atoms. The van der Waals surface area contributed by atoms with Gasteiger partial charge in [-0.25, -0.2) is 0 Å². The van der Waals surface area contributed by atoms with Gasteiger partial charge in [0.25, 0.3) is 11.5 Å². The van der Waals surface area contributed by atoms with Crippen LogP contribution in [0.25, 0.3) is 5.69 Å². The van der Waals surface area contributed by atoms with Crippen LogP contribution >= 0.6 is 0 Å². The third kappa shape index (κ3) is 3.13. The SMILES string of the molecule is COc1ccc(-n2c(C)cc(C(=O)Nc3cccn(C)c3=O)c2C)cc1. The molecule has 1 amide bonds. The maximum atomic E-state index is 12.7. The van der Waals surface area contributed by atoms with Gasteiger partial charge in [0.15, 0.2) is 0 Å². The molecule has 6 heteroatoms. The highest BCUT2D eigenvalue weighted by Crippen LogP contribution is 2.23. The van der Waals surface area contributed by atoms with Crippen LogP contribution in [0.3, 0.4) is 0 Å². The summed E-state index contributed by atoms with van der Waals surface area (Å²) in [4.78, 5) is 24.8. The van der Waals surface area contributed by atoms with E-state index in [1.54, 1.807) is 32.5 Å². The van der Waals surface area contributed by atoms with Crippen molar-refractivity contribution in [3.63, 3.8) is 0 Å². The van der Waals surface area contributed by atoms with E-state index in [4.69, 9.17) is 4.74 Å². The van der Waals surface area contributed by atoms with E-state index in [-0.39, 0.29) is 17.2 Å². The van der Waals surface area contributed by atoms with Gasteiger partial charge in [-0.3, -0.25) is 9.59 Å². The van der Waals surface area contributed by atoms with Crippen LogP contribution in [0.1, 0.15) is 21.7 Å². The van der Waals surface area contributed by atoms with Crippen LogP contribution in [0, 0.1) is 13.8 Å². The summed E-state index contributed by atoms with van der Waals surface area (Å²) in [5.74, 6) is 0.468. The van der Waals surface area contributed by atoms with Crippen LogP contribution in [0.4, 0.5) is 5.69 Å². The highest BCUT2D eigenvalue weighted by Gasteiger charge is 2.18. The molecule has 0 saturated carbocycles. The third-order valence-electron chi connectivity index (χ3n) is 4.38. The van der Waals surface area contributed by atoms with Gasteiger partial charge in [0.05, 0.1) is 12.7 Å². The molecule has 2 heterocycles. The topological polar surface area (TPSA) is 65.3 Å². The van der Waals surface area contributed by atoms with Crippen molar-refractivity contribution in [2.75, 3.05) is 12.4 Å². The molecular formula is C20H21N3O3. The van der Waals surface area contributed by atoms with Crippen molar-refractivity contribution in [1.29, 1.82) is 0 Å². The maximum Gasteiger partial charge on any atom is 0.274 e. The number of benzene rings is 1. The highest BCUT2D eigenvalue weighted by atomic mass is 16.5. The number of aromatic nitrogens is 2. The molecule has 0 aliphatic carbocycles. The number of pyridine rings is 1. The van der Waals surface area contributed by atoms with Crippen LogP contribution in [0.15, 0.2) is 53.5 Å². The van der Waals surface area contributed by atoms with Crippen LogP contribution in [-0.2, 0) is 7.05 Å². The fraction of sp³-hybridized carbons (Fsp3) is 0.200. The molecule has 0 bridgehead atoms. The van der Waals surface area contributed by atoms with Crippen molar-refractivity contribution < 1.29 is 9.53 Å². The van der Waals surface area contributed by atoms with Crippen LogP contribution in [0.5, 0.6) is 5.75 Å². The summed E-state index contributed by atoms with van der Waals surface area (Å²) >= 11 is 0. The minimum Gasteiger partial charge on any atom is -0.497 e. The maximum absolute atomic E-state index is 12.7. The van der Waals surface area contributed by atoms with Crippen LogP contribution in [-0.4, -0.2) is 22.2 Å². The molecule has 6 nitrogen and oxygen atoms in total. The fourth-order valence-electron chi connectivity index (χ4n) is 3.00. The Hall–Kier alpha value is -3.28. The van der Waals surface area contributed by atoms with Crippen molar-refractivity contribution in [2.24, 2.45) is 7.05 Å². The first-order chi connectivity index (χ1) is 12.4. The largest absolute Gasteiger partial charge is 0.497 e. The van der Waals surface area contributed by atoms with Gasteiger partial charge >= 0.3 is 0 Å². The zero-order valence-corrected chi connectivity index (χ0v) is 15.2. The summed E-state index contributed by atoms with van der Waals surface area (Å²) in [6.45, 7) is 3.82. The average molecular weight is 351 g/mol. The number of amides is 1. The van der Waals surface area contributed by atoms with E-state index in [2.05, 4.69) is 5.32 Å². The van der Waals surface area contributed by atoms with Crippen molar-refractivity contribution in [3.8, 4) is 11.4 Å². The van der Waals surface area contributed by atoms with Gasteiger partial charge in [-0.2, -0.15) is 0 Å². The molecule has 0 unspecified atom stereocenters. The first kappa shape index (κ1) is 17.5. The average Bonchev–Trinajstić information content (AvgIpc) is 2.93. The van der Waals surface area contributed by atoms with E-state index in [0.29, 0.717) is 5.56 Å². The minimum atomic E-state index is -0.304. The second-order valence-electron chi connectivity index (χ2n) is 6.11. The molecule has 0 aliphatic heterocycles. The van der Waals surface area contributed by atoms with Crippen molar-refractivity contribution >= 4 is 11.6 Å². The Balaban J connectivity index is 1.95. The second kappa shape index (κ2) is 6.92. The summed E-state index contributed by atoms with van der Waals surface area (Å²) in [6.07, 6.45) is 1.65. The number of carbonyl (C=O) groups is 1. The summed E-state index contributed by atoms with van der Waals surface area (Å²) in [5, 5.41) is 2.71. The Kier molecular flexibility index (Phi) is 4.67. The first-order valence-electron chi connectivity index (χ1n) is 8.22. The van der Waals surface area contributed by atoms with E-state index in [1.165, 1.54) is 4.57 Å². The molecule has 1 aromatic carbocycles. The zero-order chi connectivity index (χ0) is 18.8. The number of aryl methyl sites for hydroxylation is 2. The predicted octanol–water partition coefficient (Wildman–Crippen LogP) is 3.05. The fourth-order valence-corrected chi connectivity index (χ4v) is 3.00. The van der Waals surface area contributed by atoms with Crippen LogP contribution < -0.4 is 15.6 Å². The summed E-state index contributed by atoms with van der Waals surface area (Å²) in [7, 11) is 3.27. The highest BCUT2D eigenvalue weighted by molar-refractivity contribution is 6.05. The van der Waals surface area contributed by atoms with Gasteiger partial charge in [-0.05, 0) is 56.3 Å². The lowest BCUT2D eigenvalue weighted by molar-refractivity contribution is 0.102. The Labute approximate surface area is 151 Å². The van der Waals surface area contributed by atoms with Crippen molar-refractivity contribution in [1.82, 2.24) is 9.13 Å². The quantitative estimate of drug-likeness (QED) is 0.786. The van der Waals surface area contributed by atoms with Crippen LogP contribution in [0.2, 0.25) is 0 Å². The standard InChI is InChI=1S/C20H21N3O3/c1-13-12-17(19(24)21-18-6-5-11-22(3)20(18)25)14(2)23(13)15-7-9-16(26-4)10-8-15/h5-12H,1-4H3,(H,21,24). The molecule has 2 aromatic heterocycles. The molecule has 134 valence electrons. The van der Waals surface area contributed by atoms with E-state index < -0.39 is 0 Å². The molecule has 0 saturated heterocycles. The number of methoxy groups -OCH3 is 1. The van der Waals surface area contributed by atoms with Gasteiger partial charge in [0, 0.05) is 30.3 Å². The molecule has 1 N–H and O–H groups in total. The van der Waals surface area contributed by atoms with Gasteiger partial charge in [0.2, 0.25) is 0 Å². The lowest BCUT2D eigenvalue weighted by atomic mass is 10.2. The number of nitrogens with one attached hydrogen (secondary N) is 1. The Morgan fingerprint density at radius 2 is 1.81 bits per heavy atom. The van der Waals surface area contributed by atoms with E-state index >= 15 is 0 Å². The molecular weight excluding hydrogens is 330 g/mol. The lowest BCUT2D eigenvalue weighted by Crippen LogP contribution is -2.23. The summed E-state index contributed by atoms with van der Waals surface area (Å²) in [6, 6.07) is 12.8. The number of anilines is 1. The van der Waals surface area contributed by atoms with Gasteiger partial charge in [-0.15, -0.1) is 0 Å². The molecule has 0 spiro atoms. The molecule has 3 aromatic rings. The van der Waals surface area contributed by atoms with E-state index in [0.717, 1.165) is 22.8 Å². The number of nitrogens with zero attached hydrogens (tertiary/aromatic N) is 2. The smallest absolute Gasteiger partial charge is 0.274 e. The predicted molar refractivity (Wildman–Crippen MR) is 101 cm³/mol. The number of hydrogen-bond acceptors (Lipinski definition) is 3. The Morgan fingerprint density at radius 1 is 1.12 bits per heavy atom. The van der Waals surface area contributed by atoms with Gasteiger partial charge < -0.3 is 19.2 Å². The molecule has 0 fully saturated rings. The van der Waals surface area contributed by atoms with Gasteiger partial charge in [0.1, 0.15) is 11.4 Å². The minimum absolute atomic E-state index is 0.246. The molecule has 0 radical (unpaired) electrons. The number of rotatable bonds is 4. The summed E-state index contributed by atoms with van der Waals surface area (Å²) in [5.41, 5.74) is 3.22. The number of ether oxygens (including phenoxy) is 1. The van der Waals surface area contributed by atoms with Gasteiger partial charge in [-0.1, -0.05) is 0 Å². The van der Waals surface area contributed by atoms with Crippen molar-refractivity contribution in [2.45, 2.75) is 13.8 Å². The van der Waals surface area contributed by atoms with E-state index in [1.807, 2.05) is 48.7 Å². The normalized spacial score (nSPS) is 10.6. The number of carbonyl (C=O) groups excluding carboxylic acids is 1. The molecule has 0 aliphatic rings. The lowest BCUT2D eigenvalue weighted by Gasteiger charge is -2.11. The third-order valence-corrected chi connectivity index (χ3v) is 4.38. The second-order valence-corrected chi connectivity index (χ2v) is 6.11. The van der Waals surface area contributed by atoms with E-state index in [9.17, 15) is 9.59 Å². The Morgan fingerprint density at radius 3 is 2.46 bits per heavy atom. The molecule has 3 rings (SSSR count). The van der Waals surface area contributed by atoms with Crippen molar-refractivity contribution in [3.05, 3.63) is 76.0 Å². The zero-order valence-electron chi connectivity index (χ0n) is 15.2. The number of hydrogen-bond donors (Lipinski definition) is 1. The molecule has 0 atom stereocenters. The Bertz CT molecular complexity index is 1010. The first-order valence-corrected chi connectivity index (χ1v) is 8.22. The summed E-state index contributed by atoms with van der Waals surface area (Å²) < 4.78 is 8.62.